The van der Waals surface area contributed by atoms with Gasteiger partial charge in [0.15, 0.2) is 12.4 Å². The Morgan fingerprint density at radius 2 is 1.92 bits per heavy atom. The van der Waals surface area contributed by atoms with E-state index in [2.05, 4.69) is 0 Å². The predicted octanol–water partition coefficient (Wildman–Crippen LogP) is 2.76. The molecule has 0 saturated carbocycles. The molecule has 6 heteroatoms. The minimum Gasteiger partial charge on any atom is -0.465 e. The van der Waals surface area contributed by atoms with Gasteiger partial charge in [0.05, 0.1) is 6.42 Å². The lowest BCUT2D eigenvalue weighted by molar-refractivity contribution is -0.117. The van der Waals surface area contributed by atoms with Crippen LogP contribution in [0.4, 0.5) is 5.69 Å². The second-order valence-corrected chi connectivity index (χ2v) is 6.19. The molecule has 6 nitrogen and oxygen atoms in total. The lowest BCUT2D eigenvalue weighted by Gasteiger charge is -2.10. The van der Waals surface area contributed by atoms with E-state index in [0.29, 0.717) is 28.2 Å². The van der Waals surface area contributed by atoms with Gasteiger partial charge in [0.25, 0.3) is 0 Å². The van der Waals surface area contributed by atoms with Crippen LogP contribution in [-0.4, -0.2) is 31.3 Å². The van der Waals surface area contributed by atoms with E-state index in [9.17, 15) is 14.4 Å². The number of nitrogens with zero attached hydrogens (tertiary/aromatic N) is 1. The van der Waals surface area contributed by atoms with Gasteiger partial charge in [-0.15, -0.1) is 0 Å². The zero-order valence-electron chi connectivity index (χ0n) is 14.6. The fourth-order valence-corrected chi connectivity index (χ4v) is 3.02. The van der Waals surface area contributed by atoms with Crippen LogP contribution in [0.25, 0.3) is 0 Å². The zero-order valence-corrected chi connectivity index (χ0v) is 14.6. The van der Waals surface area contributed by atoms with Crippen LogP contribution in [0.15, 0.2) is 22.6 Å². The van der Waals surface area contributed by atoms with Gasteiger partial charge < -0.3 is 14.1 Å². The highest BCUT2D eigenvalue weighted by Gasteiger charge is 2.25. The number of anilines is 1. The van der Waals surface area contributed by atoms with Crippen LogP contribution in [0, 0.1) is 20.8 Å². The Morgan fingerprint density at radius 1 is 1.20 bits per heavy atom. The first-order chi connectivity index (χ1) is 11.8. The van der Waals surface area contributed by atoms with Crippen LogP contribution in [0.2, 0.25) is 0 Å². The molecule has 2 aromatic rings. The number of furan rings is 1. The van der Waals surface area contributed by atoms with Crippen molar-refractivity contribution in [3.05, 3.63) is 52.0 Å². The van der Waals surface area contributed by atoms with Crippen LogP contribution < -0.4 is 4.90 Å². The molecular weight excluding hydrogens is 322 g/mol. The molecule has 0 saturated heterocycles. The fourth-order valence-electron chi connectivity index (χ4n) is 3.02. The molecule has 1 aromatic carbocycles. The molecule has 25 heavy (non-hydrogen) atoms. The number of aryl methyl sites for hydroxylation is 2. The number of fused-ring (bicyclic) bond motifs is 1. The summed E-state index contributed by atoms with van der Waals surface area (Å²) in [7, 11) is 1.70. The molecule has 0 aliphatic carbocycles. The maximum atomic E-state index is 12.3. The number of carbonyl (C=O) groups excluding carboxylic acids is 3. The average Bonchev–Trinajstić information content (AvgIpc) is 3.00. The molecule has 0 radical (unpaired) electrons. The summed E-state index contributed by atoms with van der Waals surface area (Å²) in [4.78, 5) is 37.8. The number of likely N-dealkylation sites (N-methyl/N-ethyl adjacent to an activating group) is 1. The number of amides is 1. The molecule has 130 valence electrons. The zero-order chi connectivity index (χ0) is 18.3. The highest BCUT2D eigenvalue weighted by atomic mass is 16.5. The van der Waals surface area contributed by atoms with Crippen LogP contribution in [0.1, 0.15) is 43.4 Å². The van der Waals surface area contributed by atoms with Gasteiger partial charge in [0, 0.05) is 23.9 Å². The number of carbonyl (C=O) groups is 3. The molecule has 2 heterocycles. The first kappa shape index (κ1) is 17.0. The first-order valence-electron chi connectivity index (χ1n) is 7.96. The SMILES string of the molecule is Cc1oc(C)c(C(=O)OCC(=O)c2ccc3c(c2)CC(=O)N3C)c1C. The van der Waals surface area contributed by atoms with Crippen molar-refractivity contribution in [2.75, 3.05) is 18.6 Å². The third-order valence-corrected chi connectivity index (χ3v) is 4.58. The van der Waals surface area contributed by atoms with Crippen molar-refractivity contribution in [1.82, 2.24) is 0 Å². The Morgan fingerprint density at radius 3 is 2.56 bits per heavy atom. The number of benzene rings is 1. The summed E-state index contributed by atoms with van der Waals surface area (Å²) >= 11 is 0. The molecule has 0 spiro atoms. The van der Waals surface area contributed by atoms with Crippen LogP contribution in [0.5, 0.6) is 0 Å². The van der Waals surface area contributed by atoms with E-state index < -0.39 is 5.97 Å². The summed E-state index contributed by atoms with van der Waals surface area (Å²) in [5.74, 6) is 0.243. The molecule has 1 aliphatic heterocycles. The third kappa shape index (κ3) is 2.95. The van der Waals surface area contributed by atoms with Gasteiger partial charge in [-0.2, -0.15) is 0 Å². The summed E-state index contributed by atoms with van der Waals surface area (Å²) < 4.78 is 10.6. The summed E-state index contributed by atoms with van der Waals surface area (Å²) in [6.07, 6.45) is 0.277. The number of hydrogen-bond acceptors (Lipinski definition) is 5. The fraction of sp³-hybridized carbons (Fsp3) is 0.316. The molecule has 0 fully saturated rings. The maximum absolute atomic E-state index is 12.3. The summed E-state index contributed by atoms with van der Waals surface area (Å²) in [5.41, 5.74) is 3.12. The van der Waals surface area contributed by atoms with Gasteiger partial charge in [0.1, 0.15) is 17.1 Å². The highest BCUT2D eigenvalue weighted by Crippen LogP contribution is 2.28. The van der Waals surface area contributed by atoms with Gasteiger partial charge in [-0.1, -0.05) is 0 Å². The van der Waals surface area contributed by atoms with Crippen molar-refractivity contribution >= 4 is 23.3 Å². The number of ketones is 1. The number of rotatable bonds is 4. The van der Waals surface area contributed by atoms with Gasteiger partial charge in [-0.3, -0.25) is 9.59 Å². The van der Waals surface area contributed by atoms with Crippen molar-refractivity contribution in [3.8, 4) is 0 Å². The van der Waals surface area contributed by atoms with Crippen molar-refractivity contribution in [1.29, 1.82) is 0 Å². The quantitative estimate of drug-likeness (QED) is 0.631. The molecule has 0 bridgehead atoms. The maximum Gasteiger partial charge on any atom is 0.342 e. The summed E-state index contributed by atoms with van der Waals surface area (Å²) in [6.45, 7) is 4.88. The number of hydrogen-bond donors (Lipinski definition) is 0. The predicted molar refractivity (Wildman–Crippen MR) is 91.1 cm³/mol. The van der Waals surface area contributed by atoms with E-state index in [0.717, 1.165) is 11.3 Å². The molecule has 0 atom stereocenters. The monoisotopic (exact) mass is 341 g/mol. The molecule has 1 aliphatic rings. The lowest BCUT2D eigenvalue weighted by Crippen LogP contribution is -2.20. The van der Waals surface area contributed by atoms with Gasteiger partial charge in [-0.25, -0.2) is 4.79 Å². The molecular formula is C19H19NO5. The Labute approximate surface area is 145 Å². The first-order valence-corrected chi connectivity index (χ1v) is 7.96. The third-order valence-electron chi connectivity index (χ3n) is 4.58. The number of ether oxygens (including phenoxy) is 1. The van der Waals surface area contributed by atoms with E-state index in [1.165, 1.54) is 0 Å². The normalized spacial score (nSPS) is 13.1. The molecule has 3 rings (SSSR count). The van der Waals surface area contributed by atoms with Crippen molar-refractivity contribution in [2.24, 2.45) is 0 Å². The topological polar surface area (TPSA) is 76.8 Å². The Balaban J connectivity index is 1.70. The highest BCUT2D eigenvalue weighted by molar-refractivity contribution is 6.04. The summed E-state index contributed by atoms with van der Waals surface area (Å²) in [5, 5.41) is 0. The Hall–Kier alpha value is -2.89. The largest absolute Gasteiger partial charge is 0.465 e. The number of esters is 1. The summed E-state index contributed by atoms with van der Waals surface area (Å²) in [6, 6.07) is 5.07. The van der Waals surface area contributed by atoms with E-state index in [1.54, 1.807) is 50.9 Å². The number of Topliss-reactive ketones (excluding diaryl/α,β-unsaturated/α-hetero) is 1. The van der Waals surface area contributed by atoms with Crippen LogP contribution >= 0.6 is 0 Å². The van der Waals surface area contributed by atoms with E-state index >= 15 is 0 Å². The second kappa shape index (κ2) is 6.20. The van der Waals surface area contributed by atoms with Crippen molar-refractivity contribution in [2.45, 2.75) is 27.2 Å². The molecule has 0 unspecified atom stereocenters. The van der Waals surface area contributed by atoms with Gasteiger partial charge in [-0.05, 0) is 44.5 Å². The Kier molecular flexibility index (Phi) is 4.20. The standard InChI is InChI=1S/C19H19NO5/c1-10-11(2)25-12(3)18(10)19(23)24-9-16(21)13-5-6-15-14(7-13)8-17(22)20(15)4/h5-7H,8-9H2,1-4H3. The average molecular weight is 341 g/mol. The molecule has 1 aromatic heterocycles. The minimum atomic E-state index is -0.573. The van der Waals surface area contributed by atoms with Gasteiger partial charge in [0.2, 0.25) is 5.91 Å². The lowest BCUT2D eigenvalue weighted by atomic mass is 10.1. The van der Waals surface area contributed by atoms with E-state index in [4.69, 9.17) is 9.15 Å². The Bertz CT molecular complexity index is 893. The molecule has 1 amide bonds. The van der Waals surface area contributed by atoms with Crippen LogP contribution in [0.3, 0.4) is 0 Å². The van der Waals surface area contributed by atoms with Crippen molar-refractivity contribution < 1.29 is 23.5 Å². The van der Waals surface area contributed by atoms with E-state index in [-0.39, 0.29) is 24.7 Å². The van der Waals surface area contributed by atoms with Crippen molar-refractivity contribution in [3.63, 3.8) is 0 Å². The molecule has 0 N–H and O–H groups in total. The van der Waals surface area contributed by atoms with Crippen LogP contribution in [-0.2, 0) is 16.0 Å². The minimum absolute atomic E-state index is 0.00713. The smallest absolute Gasteiger partial charge is 0.342 e. The van der Waals surface area contributed by atoms with E-state index in [1.807, 2.05) is 0 Å². The van der Waals surface area contributed by atoms with Gasteiger partial charge >= 0.3 is 5.97 Å². The second-order valence-electron chi connectivity index (χ2n) is 6.19.